The van der Waals surface area contributed by atoms with Crippen LogP contribution >= 0.6 is 0 Å². The summed E-state index contributed by atoms with van der Waals surface area (Å²) in [5.41, 5.74) is 15.6. The number of hydrogen-bond donors (Lipinski definition) is 0. The molecule has 1 heteroatoms. The average Bonchev–Trinajstić information content (AvgIpc) is 3.34. The fourth-order valence-electron chi connectivity index (χ4n) is 5.86. The van der Waals surface area contributed by atoms with Gasteiger partial charge in [0, 0.05) is 22.4 Å². The van der Waals surface area contributed by atoms with Crippen LogP contribution in [0.4, 0.5) is 17.1 Å². The van der Waals surface area contributed by atoms with E-state index in [1.165, 1.54) is 67.2 Å². The summed E-state index contributed by atoms with van der Waals surface area (Å²) in [6.07, 6.45) is 5.63. The Morgan fingerprint density at radius 2 is 1.26 bits per heavy atom. The summed E-state index contributed by atoms with van der Waals surface area (Å²) in [5, 5.41) is 0. The molecule has 0 atom stereocenters. The van der Waals surface area contributed by atoms with Gasteiger partial charge in [0.25, 0.3) is 0 Å². The molecular formula is C37H35N. The highest BCUT2D eigenvalue weighted by molar-refractivity contribution is 6.13. The van der Waals surface area contributed by atoms with Crippen molar-refractivity contribution in [3.05, 3.63) is 148 Å². The SMILES string of the molecule is CC1=C(C(=C2c3ccccc3N(c3ccc(C(C)(C)C)cc3)c3ccccc32)c2ccccc2C)C=CC1. The fraction of sp³-hybridized carbons (Fsp3) is 0.189. The van der Waals surface area contributed by atoms with Gasteiger partial charge in [0.1, 0.15) is 0 Å². The first-order valence-corrected chi connectivity index (χ1v) is 13.6. The second-order valence-corrected chi connectivity index (χ2v) is 11.5. The van der Waals surface area contributed by atoms with Gasteiger partial charge in [-0.3, -0.25) is 0 Å². The first kappa shape index (κ1) is 24.2. The lowest BCUT2D eigenvalue weighted by atomic mass is 9.80. The Hall–Kier alpha value is -4.10. The molecule has 4 aromatic carbocycles. The number of fused-ring (bicyclic) bond motifs is 2. The van der Waals surface area contributed by atoms with Crippen molar-refractivity contribution in [2.24, 2.45) is 0 Å². The highest BCUT2D eigenvalue weighted by Crippen LogP contribution is 2.53. The number of para-hydroxylation sites is 2. The third-order valence-electron chi connectivity index (χ3n) is 7.92. The second-order valence-electron chi connectivity index (χ2n) is 11.5. The van der Waals surface area contributed by atoms with E-state index in [0.717, 1.165) is 6.42 Å². The van der Waals surface area contributed by atoms with Crippen LogP contribution in [0, 0.1) is 6.92 Å². The van der Waals surface area contributed by atoms with Crippen LogP contribution in [-0.4, -0.2) is 0 Å². The Morgan fingerprint density at radius 1 is 0.684 bits per heavy atom. The molecule has 0 amide bonds. The monoisotopic (exact) mass is 493 g/mol. The number of benzene rings is 4. The van der Waals surface area contributed by atoms with Crippen molar-refractivity contribution in [1.29, 1.82) is 0 Å². The van der Waals surface area contributed by atoms with Gasteiger partial charge in [0.15, 0.2) is 0 Å². The zero-order chi connectivity index (χ0) is 26.4. The van der Waals surface area contributed by atoms with E-state index in [1.807, 2.05) is 0 Å². The van der Waals surface area contributed by atoms with E-state index in [2.05, 4.69) is 149 Å². The quantitative estimate of drug-likeness (QED) is 0.242. The lowest BCUT2D eigenvalue weighted by Crippen LogP contribution is -2.19. The van der Waals surface area contributed by atoms with Crippen LogP contribution in [0.1, 0.15) is 61.9 Å². The summed E-state index contributed by atoms with van der Waals surface area (Å²) in [6, 6.07) is 35.7. The molecule has 1 aliphatic heterocycles. The topological polar surface area (TPSA) is 3.24 Å². The van der Waals surface area contributed by atoms with Crippen LogP contribution in [-0.2, 0) is 5.41 Å². The van der Waals surface area contributed by atoms with Gasteiger partial charge in [-0.05, 0) is 77.8 Å². The maximum Gasteiger partial charge on any atom is 0.0540 e. The second kappa shape index (κ2) is 9.33. The highest BCUT2D eigenvalue weighted by atomic mass is 15.2. The molecule has 38 heavy (non-hydrogen) atoms. The van der Waals surface area contributed by atoms with E-state index in [0.29, 0.717) is 0 Å². The van der Waals surface area contributed by atoms with Crippen LogP contribution in [0.25, 0.3) is 11.1 Å². The molecular weight excluding hydrogens is 458 g/mol. The van der Waals surface area contributed by atoms with Crippen LogP contribution in [0.2, 0.25) is 0 Å². The Bertz CT molecular complexity index is 1570. The lowest BCUT2D eigenvalue weighted by molar-refractivity contribution is 0.590. The van der Waals surface area contributed by atoms with Crippen LogP contribution < -0.4 is 4.90 Å². The van der Waals surface area contributed by atoms with E-state index < -0.39 is 0 Å². The molecule has 1 aliphatic carbocycles. The summed E-state index contributed by atoms with van der Waals surface area (Å²) in [6.45, 7) is 11.3. The zero-order valence-electron chi connectivity index (χ0n) is 23.0. The Labute approximate surface area is 227 Å². The lowest BCUT2D eigenvalue weighted by Gasteiger charge is -2.36. The van der Waals surface area contributed by atoms with Crippen LogP contribution in [0.15, 0.2) is 120 Å². The zero-order valence-corrected chi connectivity index (χ0v) is 23.0. The Balaban J connectivity index is 1.68. The number of rotatable bonds is 3. The number of allylic oxidation sites excluding steroid dienone is 5. The molecule has 0 saturated heterocycles. The van der Waals surface area contributed by atoms with Gasteiger partial charge in [-0.15, -0.1) is 0 Å². The van der Waals surface area contributed by atoms with Crippen molar-refractivity contribution in [3.63, 3.8) is 0 Å². The number of nitrogens with zero attached hydrogens (tertiary/aromatic N) is 1. The van der Waals surface area contributed by atoms with Crippen molar-refractivity contribution in [1.82, 2.24) is 0 Å². The predicted molar refractivity (Wildman–Crippen MR) is 163 cm³/mol. The van der Waals surface area contributed by atoms with Gasteiger partial charge in [0.2, 0.25) is 0 Å². The molecule has 0 radical (unpaired) electrons. The maximum absolute atomic E-state index is 2.43. The van der Waals surface area contributed by atoms with E-state index in [1.54, 1.807) is 0 Å². The van der Waals surface area contributed by atoms with Gasteiger partial charge in [-0.2, -0.15) is 0 Å². The standard InChI is InChI=1S/C37H35N/c1-25-13-6-7-15-29(25)35(30-18-12-14-26(30)2)36-31-16-8-10-19-33(31)38(34-20-11-9-17-32(34)36)28-23-21-27(22-24-28)37(3,4)5/h6-13,15-24H,14H2,1-5H3. The molecule has 0 aromatic heterocycles. The summed E-state index contributed by atoms with van der Waals surface area (Å²) in [7, 11) is 0. The summed E-state index contributed by atoms with van der Waals surface area (Å²) < 4.78 is 0. The number of hydrogen-bond acceptors (Lipinski definition) is 1. The van der Waals surface area contributed by atoms with Crippen molar-refractivity contribution in [2.75, 3.05) is 4.90 Å². The molecule has 0 fully saturated rings. The van der Waals surface area contributed by atoms with E-state index in [-0.39, 0.29) is 5.41 Å². The molecule has 4 aromatic rings. The van der Waals surface area contributed by atoms with Crippen molar-refractivity contribution < 1.29 is 0 Å². The molecule has 1 heterocycles. The minimum Gasteiger partial charge on any atom is -0.309 e. The third kappa shape index (κ3) is 4.03. The van der Waals surface area contributed by atoms with Crippen molar-refractivity contribution in [2.45, 2.75) is 46.5 Å². The molecule has 1 nitrogen and oxygen atoms in total. The average molecular weight is 494 g/mol. The molecule has 0 bridgehead atoms. The first-order chi connectivity index (χ1) is 18.3. The summed E-state index contributed by atoms with van der Waals surface area (Å²) in [5.74, 6) is 0. The van der Waals surface area contributed by atoms with Gasteiger partial charge in [-0.25, -0.2) is 0 Å². The van der Waals surface area contributed by atoms with Gasteiger partial charge in [0.05, 0.1) is 11.4 Å². The summed E-state index contributed by atoms with van der Waals surface area (Å²) >= 11 is 0. The van der Waals surface area contributed by atoms with E-state index in [4.69, 9.17) is 0 Å². The fourth-order valence-corrected chi connectivity index (χ4v) is 5.86. The van der Waals surface area contributed by atoms with Crippen molar-refractivity contribution in [3.8, 4) is 0 Å². The van der Waals surface area contributed by atoms with E-state index in [9.17, 15) is 0 Å². The van der Waals surface area contributed by atoms with E-state index >= 15 is 0 Å². The first-order valence-electron chi connectivity index (χ1n) is 13.6. The number of anilines is 3. The van der Waals surface area contributed by atoms with Gasteiger partial charge in [-0.1, -0.05) is 111 Å². The molecule has 6 rings (SSSR count). The van der Waals surface area contributed by atoms with Crippen molar-refractivity contribution >= 4 is 28.2 Å². The molecule has 0 N–H and O–H groups in total. The maximum atomic E-state index is 2.43. The molecule has 2 aliphatic rings. The van der Waals surface area contributed by atoms with Crippen LogP contribution in [0.5, 0.6) is 0 Å². The molecule has 0 saturated carbocycles. The molecule has 0 unspecified atom stereocenters. The molecule has 188 valence electrons. The number of aryl methyl sites for hydroxylation is 1. The Morgan fingerprint density at radius 3 is 1.82 bits per heavy atom. The van der Waals surface area contributed by atoms with Crippen LogP contribution in [0.3, 0.4) is 0 Å². The smallest absolute Gasteiger partial charge is 0.0540 e. The Kier molecular flexibility index (Phi) is 5.95. The van der Waals surface area contributed by atoms with Gasteiger partial charge < -0.3 is 4.90 Å². The normalized spacial score (nSPS) is 14.6. The van der Waals surface area contributed by atoms with Gasteiger partial charge >= 0.3 is 0 Å². The summed E-state index contributed by atoms with van der Waals surface area (Å²) in [4.78, 5) is 2.43. The largest absolute Gasteiger partial charge is 0.309 e. The molecule has 0 spiro atoms. The minimum atomic E-state index is 0.120. The third-order valence-corrected chi connectivity index (χ3v) is 7.92. The highest BCUT2D eigenvalue weighted by Gasteiger charge is 2.31. The predicted octanol–water partition coefficient (Wildman–Crippen LogP) is 10.3. The minimum absolute atomic E-state index is 0.120.